The van der Waals surface area contributed by atoms with Crippen molar-refractivity contribution in [3.05, 3.63) is 60.2 Å². The molecule has 5 rings (SSSR count). The summed E-state index contributed by atoms with van der Waals surface area (Å²) in [5, 5.41) is 4.19. The van der Waals surface area contributed by atoms with Crippen molar-refractivity contribution in [2.24, 2.45) is 7.05 Å². The molecule has 4 aromatic rings. The zero-order valence-electron chi connectivity index (χ0n) is 17.2. The summed E-state index contributed by atoms with van der Waals surface area (Å²) in [5.74, 6) is -0.436. The van der Waals surface area contributed by atoms with Crippen LogP contribution in [-0.4, -0.2) is 49.8 Å². The number of ether oxygens (including phenoxy) is 1. The number of rotatable bonds is 4. The van der Waals surface area contributed by atoms with Crippen molar-refractivity contribution in [2.45, 2.75) is 12.7 Å². The number of carbonyl (C=O) groups excluding carboxylic acids is 1. The molecule has 3 aromatic heterocycles. The Balaban J connectivity index is 1.55. The Hall–Kier alpha value is -3.82. The van der Waals surface area contributed by atoms with E-state index in [1.54, 1.807) is 29.2 Å². The Bertz CT molecular complexity index is 1360. The van der Waals surface area contributed by atoms with E-state index in [4.69, 9.17) is 4.74 Å². The van der Waals surface area contributed by atoms with Crippen molar-refractivity contribution >= 4 is 11.6 Å². The van der Waals surface area contributed by atoms with Crippen LogP contribution in [0.5, 0.6) is 5.75 Å². The third-order valence-electron chi connectivity index (χ3n) is 5.48. The minimum atomic E-state index is -4.47. The van der Waals surface area contributed by atoms with Gasteiger partial charge < -0.3 is 9.64 Å². The number of amides is 1. The van der Waals surface area contributed by atoms with Crippen molar-refractivity contribution in [3.8, 4) is 28.1 Å². The molecular weight excluding hydrogens is 423 g/mol. The number of aromatic nitrogens is 4. The number of nitrogens with zero attached hydrogens (tertiary/aromatic N) is 5. The number of hydrogen-bond acceptors (Lipinski definition) is 4. The minimum absolute atomic E-state index is 0.125. The molecule has 4 heterocycles. The zero-order valence-corrected chi connectivity index (χ0v) is 17.2. The number of alkyl halides is 3. The molecule has 164 valence electrons. The van der Waals surface area contributed by atoms with Crippen LogP contribution < -0.4 is 4.74 Å². The maximum atomic E-state index is 12.9. The molecule has 1 aromatic carbocycles. The number of halogens is 3. The highest BCUT2D eigenvalue weighted by Crippen LogP contribution is 2.37. The van der Waals surface area contributed by atoms with Crippen LogP contribution in [0.25, 0.3) is 28.0 Å². The number of carbonyl (C=O) groups is 1. The molecule has 0 saturated heterocycles. The fourth-order valence-electron chi connectivity index (χ4n) is 4.07. The summed E-state index contributed by atoms with van der Waals surface area (Å²) in [6.45, 7) is -1.43. The van der Waals surface area contributed by atoms with E-state index in [1.807, 2.05) is 36.0 Å². The van der Waals surface area contributed by atoms with Gasteiger partial charge in [0.25, 0.3) is 5.91 Å². The summed E-state index contributed by atoms with van der Waals surface area (Å²) >= 11 is 0. The summed E-state index contributed by atoms with van der Waals surface area (Å²) < 4.78 is 47.6. The number of methoxy groups -OCH3 is 1. The fourth-order valence-corrected chi connectivity index (χ4v) is 4.07. The van der Waals surface area contributed by atoms with Gasteiger partial charge in [0.15, 0.2) is 0 Å². The third kappa shape index (κ3) is 3.37. The van der Waals surface area contributed by atoms with Gasteiger partial charge in [-0.2, -0.15) is 18.3 Å². The predicted molar refractivity (Wildman–Crippen MR) is 110 cm³/mol. The second-order valence-electron chi connectivity index (χ2n) is 7.68. The monoisotopic (exact) mass is 441 g/mol. The predicted octanol–water partition coefficient (Wildman–Crippen LogP) is 3.93. The zero-order chi connectivity index (χ0) is 22.6. The first-order chi connectivity index (χ1) is 15.2. The second-order valence-corrected chi connectivity index (χ2v) is 7.68. The summed E-state index contributed by atoms with van der Waals surface area (Å²) in [4.78, 5) is 17.8. The van der Waals surface area contributed by atoms with E-state index < -0.39 is 18.6 Å². The van der Waals surface area contributed by atoms with E-state index in [1.165, 1.54) is 7.11 Å². The van der Waals surface area contributed by atoms with E-state index in [0.717, 1.165) is 21.7 Å². The SMILES string of the molecule is COc1cc(-c2cnc3cc(-c4cnn(C)c4)ccn23)cc2c1C(=O)N(CC(F)(F)F)C2. The van der Waals surface area contributed by atoms with Gasteiger partial charge in [-0.15, -0.1) is 0 Å². The molecule has 0 saturated carbocycles. The molecule has 0 fully saturated rings. The van der Waals surface area contributed by atoms with Gasteiger partial charge in [-0.1, -0.05) is 0 Å². The molecule has 0 aliphatic carbocycles. The van der Waals surface area contributed by atoms with E-state index >= 15 is 0 Å². The highest BCUT2D eigenvalue weighted by atomic mass is 19.4. The Labute approximate surface area is 180 Å². The lowest BCUT2D eigenvalue weighted by molar-refractivity contribution is -0.140. The van der Waals surface area contributed by atoms with Crippen LogP contribution in [0.4, 0.5) is 13.2 Å². The van der Waals surface area contributed by atoms with Crippen LogP contribution >= 0.6 is 0 Å². The molecule has 0 atom stereocenters. The summed E-state index contributed by atoms with van der Waals surface area (Å²) in [7, 11) is 3.24. The lowest BCUT2D eigenvalue weighted by atomic mass is 10.0. The number of aryl methyl sites for hydroxylation is 1. The first-order valence-electron chi connectivity index (χ1n) is 9.77. The fraction of sp³-hybridized carbons (Fsp3) is 0.227. The number of fused-ring (bicyclic) bond motifs is 2. The summed E-state index contributed by atoms with van der Waals surface area (Å²) in [6.07, 6.45) is 2.77. The normalized spacial score (nSPS) is 13.8. The Kier molecular flexibility index (Phi) is 4.47. The Morgan fingerprint density at radius 1 is 1.12 bits per heavy atom. The van der Waals surface area contributed by atoms with Gasteiger partial charge in [-0.25, -0.2) is 4.98 Å². The average Bonchev–Trinajstić information content (AvgIpc) is 3.43. The van der Waals surface area contributed by atoms with Crippen molar-refractivity contribution in [3.63, 3.8) is 0 Å². The number of imidazole rings is 1. The maximum absolute atomic E-state index is 12.9. The first-order valence-corrected chi connectivity index (χ1v) is 9.77. The van der Waals surface area contributed by atoms with Gasteiger partial charge >= 0.3 is 6.18 Å². The number of hydrogen-bond donors (Lipinski definition) is 0. The van der Waals surface area contributed by atoms with Gasteiger partial charge in [0, 0.05) is 37.1 Å². The molecule has 0 radical (unpaired) electrons. The van der Waals surface area contributed by atoms with Crippen molar-refractivity contribution in [2.75, 3.05) is 13.7 Å². The van der Waals surface area contributed by atoms with Crippen LogP contribution in [0.3, 0.4) is 0 Å². The third-order valence-corrected chi connectivity index (χ3v) is 5.48. The van der Waals surface area contributed by atoms with Crippen LogP contribution in [0.15, 0.2) is 49.1 Å². The molecule has 1 amide bonds. The smallest absolute Gasteiger partial charge is 0.406 e. The molecule has 0 spiro atoms. The molecule has 0 unspecified atom stereocenters. The Morgan fingerprint density at radius 2 is 1.94 bits per heavy atom. The second kappa shape index (κ2) is 7.11. The highest BCUT2D eigenvalue weighted by molar-refractivity contribution is 6.01. The van der Waals surface area contributed by atoms with E-state index in [0.29, 0.717) is 16.8 Å². The van der Waals surface area contributed by atoms with Crippen LogP contribution in [0, 0.1) is 0 Å². The molecule has 7 nitrogen and oxygen atoms in total. The average molecular weight is 441 g/mol. The quantitative estimate of drug-likeness (QED) is 0.482. The number of pyridine rings is 1. The van der Waals surface area contributed by atoms with Crippen molar-refractivity contribution < 1.29 is 22.7 Å². The van der Waals surface area contributed by atoms with Gasteiger partial charge in [0.05, 0.1) is 30.8 Å². The van der Waals surface area contributed by atoms with Gasteiger partial charge in [-0.05, 0) is 35.4 Å². The van der Waals surface area contributed by atoms with Gasteiger partial charge in [0.1, 0.15) is 17.9 Å². The topological polar surface area (TPSA) is 64.7 Å². The lowest BCUT2D eigenvalue weighted by Crippen LogP contribution is -2.34. The first kappa shape index (κ1) is 20.1. The summed E-state index contributed by atoms with van der Waals surface area (Å²) in [5.41, 5.74) is 4.73. The van der Waals surface area contributed by atoms with Crippen LogP contribution in [-0.2, 0) is 13.6 Å². The van der Waals surface area contributed by atoms with E-state index in [2.05, 4.69) is 10.1 Å². The van der Waals surface area contributed by atoms with E-state index in [-0.39, 0.29) is 17.9 Å². The maximum Gasteiger partial charge on any atom is 0.406 e. The van der Waals surface area contributed by atoms with Gasteiger partial charge in [0.2, 0.25) is 0 Å². The number of benzene rings is 1. The molecule has 0 bridgehead atoms. The standard InChI is InChI=1S/C22H18F3N5O2/c1-28-10-16(8-27-28)13-3-4-30-17(9-26-19(30)7-13)14-5-15-11-29(12-22(23,24)25)21(31)20(15)18(6-14)32-2/h3-10H,11-12H2,1-2H3. The minimum Gasteiger partial charge on any atom is -0.496 e. The van der Waals surface area contributed by atoms with Crippen LogP contribution in [0.1, 0.15) is 15.9 Å². The molecule has 10 heteroatoms. The van der Waals surface area contributed by atoms with Crippen LogP contribution in [0.2, 0.25) is 0 Å². The molecule has 0 N–H and O–H groups in total. The lowest BCUT2D eigenvalue weighted by Gasteiger charge is -2.17. The molecular formula is C22H18F3N5O2. The molecule has 1 aliphatic heterocycles. The van der Waals surface area contributed by atoms with Gasteiger partial charge in [-0.3, -0.25) is 13.9 Å². The van der Waals surface area contributed by atoms with Crippen molar-refractivity contribution in [1.29, 1.82) is 0 Å². The largest absolute Gasteiger partial charge is 0.496 e. The van der Waals surface area contributed by atoms with E-state index in [9.17, 15) is 18.0 Å². The molecule has 32 heavy (non-hydrogen) atoms. The van der Waals surface area contributed by atoms with Crippen molar-refractivity contribution in [1.82, 2.24) is 24.1 Å². The Morgan fingerprint density at radius 3 is 2.62 bits per heavy atom. The molecule has 1 aliphatic rings. The summed E-state index contributed by atoms with van der Waals surface area (Å²) in [6, 6.07) is 7.25. The highest BCUT2D eigenvalue weighted by Gasteiger charge is 2.39.